The molecule has 2 N–H and O–H groups in total. The molecule has 0 aliphatic heterocycles. The monoisotopic (exact) mass is 517 g/mol. The number of hydrogen-bond acceptors (Lipinski definition) is 5. The topological polar surface area (TPSA) is 87.7 Å². The van der Waals surface area contributed by atoms with Gasteiger partial charge in [-0.15, -0.1) is 6.42 Å². The fourth-order valence-corrected chi connectivity index (χ4v) is 4.00. The zero-order valence-corrected chi connectivity index (χ0v) is 23.9. The van der Waals surface area contributed by atoms with E-state index in [0.29, 0.717) is 17.5 Å². The Morgan fingerprint density at radius 3 is 2.11 bits per heavy atom. The second-order valence-corrected chi connectivity index (χ2v) is 11.0. The maximum absolute atomic E-state index is 14.0. The van der Waals surface area contributed by atoms with E-state index in [0.717, 1.165) is 12.8 Å². The van der Waals surface area contributed by atoms with Crippen molar-refractivity contribution in [3.63, 3.8) is 0 Å². The molecule has 0 heterocycles. The van der Waals surface area contributed by atoms with Crippen LogP contribution in [-0.4, -0.2) is 51.8 Å². The average Bonchev–Trinajstić information content (AvgIpc) is 2.79. The van der Waals surface area contributed by atoms with Crippen LogP contribution >= 0.6 is 12.6 Å². The van der Waals surface area contributed by atoms with E-state index in [-0.39, 0.29) is 17.7 Å². The first-order chi connectivity index (χ1) is 16.7. The smallest absolute Gasteiger partial charge is 0.408 e. The van der Waals surface area contributed by atoms with Gasteiger partial charge < -0.3 is 20.3 Å². The van der Waals surface area contributed by atoms with Crippen molar-refractivity contribution in [1.82, 2.24) is 15.5 Å². The first-order valence-corrected chi connectivity index (χ1v) is 13.1. The van der Waals surface area contributed by atoms with Crippen LogP contribution in [0.25, 0.3) is 0 Å². The van der Waals surface area contributed by atoms with Gasteiger partial charge in [-0.1, -0.05) is 38.3 Å². The van der Waals surface area contributed by atoms with Crippen LogP contribution in [0.3, 0.4) is 0 Å². The Morgan fingerprint density at radius 2 is 1.67 bits per heavy atom. The van der Waals surface area contributed by atoms with Gasteiger partial charge in [-0.2, -0.15) is 12.6 Å². The molecule has 0 aromatic heterocycles. The molecule has 7 nitrogen and oxygen atoms in total. The van der Waals surface area contributed by atoms with Crippen molar-refractivity contribution in [2.24, 2.45) is 0 Å². The summed E-state index contributed by atoms with van der Waals surface area (Å²) in [6, 6.07) is 5.03. The van der Waals surface area contributed by atoms with Gasteiger partial charge in [0.1, 0.15) is 17.7 Å². The lowest BCUT2D eigenvalue weighted by Gasteiger charge is -2.44. The first-order valence-electron chi connectivity index (χ1n) is 12.5. The third-order valence-corrected chi connectivity index (χ3v) is 6.30. The van der Waals surface area contributed by atoms with Gasteiger partial charge in [0, 0.05) is 22.9 Å². The summed E-state index contributed by atoms with van der Waals surface area (Å²) in [5.74, 6) is 1.89. The third kappa shape index (κ3) is 9.09. The van der Waals surface area contributed by atoms with Crippen LogP contribution in [0.4, 0.5) is 4.79 Å². The zero-order valence-electron chi connectivity index (χ0n) is 23.0. The Morgan fingerprint density at radius 1 is 1.08 bits per heavy atom. The summed E-state index contributed by atoms with van der Waals surface area (Å²) < 4.78 is 5.36. The first kappa shape index (κ1) is 31.4. The molecule has 1 rings (SSSR count). The highest BCUT2D eigenvalue weighted by Gasteiger charge is 2.43. The molecule has 0 spiro atoms. The number of carbonyl (C=O) groups is 3. The minimum absolute atomic E-state index is 0.0327. The van der Waals surface area contributed by atoms with Crippen LogP contribution in [0.1, 0.15) is 91.8 Å². The van der Waals surface area contributed by atoms with E-state index in [1.54, 1.807) is 49.9 Å². The fraction of sp³-hybridized carbons (Fsp3) is 0.607. The summed E-state index contributed by atoms with van der Waals surface area (Å²) >= 11 is 4.34. The van der Waals surface area contributed by atoms with Gasteiger partial charge in [-0.3, -0.25) is 9.59 Å². The Bertz CT molecular complexity index is 932. The highest BCUT2D eigenvalue weighted by Crippen LogP contribution is 2.32. The molecule has 36 heavy (non-hydrogen) atoms. The molecular formula is C28H43N3O4S. The average molecular weight is 518 g/mol. The molecule has 0 aliphatic rings. The number of thiol groups is 1. The molecule has 0 radical (unpaired) electrons. The van der Waals surface area contributed by atoms with Gasteiger partial charge in [0.25, 0.3) is 0 Å². The normalized spacial score (nSPS) is 14.1. The molecule has 3 amide bonds. The van der Waals surface area contributed by atoms with E-state index in [9.17, 15) is 14.4 Å². The highest BCUT2D eigenvalue weighted by atomic mass is 32.1. The number of alkyl carbamates (subject to hydrolysis) is 1. The van der Waals surface area contributed by atoms with Crippen molar-refractivity contribution < 1.29 is 19.1 Å². The number of nitrogens with zero attached hydrogens (tertiary/aromatic N) is 1. The number of nitrogens with one attached hydrogen (secondary N) is 2. The van der Waals surface area contributed by atoms with Crippen LogP contribution in [0.5, 0.6) is 0 Å². The molecule has 0 bridgehead atoms. The van der Waals surface area contributed by atoms with Gasteiger partial charge >= 0.3 is 6.09 Å². The maximum atomic E-state index is 14.0. The SMILES string of the molecule is C#Cc1ccc(C(C(=O)NC(C)CCC)N(C(=O)C(CS)NC(=O)OC(C)(C)C)C(C)(C)CC)cc1. The summed E-state index contributed by atoms with van der Waals surface area (Å²) in [5, 5.41) is 5.70. The predicted octanol–water partition coefficient (Wildman–Crippen LogP) is 4.85. The van der Waals surface area contributed by atoms with E-state index < -0.39 is 35.2 Å². The molecule has 1 aromatic carbocycles. The lowest BCUT2D eigenvalue weighted by atomic mass is 9.91. The Balaban J connectivity index is 3.57. The van der Waals surface area contributed by atoms with Gasteiger partial charge in [0.15, 0.2) is 0 Å². The minimum atomic E-state index is -0.998. The highest BCUT2D eigenvalue weighted by molar-refractivity contribution is 7.80. The predicted molar refractivity (Wildman–Crippen MR) is 148 cm³/mol. The van der Waals surface area contributed by atoms with E-state index in [1.165, 1.54) is 0 Å². The van der Waals surface area contributed by atoms with E-state index in [1.807, 2.05) is 34.6 Å². The number of hydrogen-bond donors (Lipinski definition) is 3. The molecule has 0 aliphatic carbocycles. The summed E-state index contributed by atoms with van der Waals surface area (Å²) in [7, 11) is 0. The summed E-state index contributed by atoms with van der Waals surface area (Å²) in [5.41, 5.74) is -0.160. The number of benzene rings is 1. The van der Waals surface area contributed by atoms with Crippen molar-refractivity contribution in [3.05, 3.63) is 35.4 Å². The van der Waals surface area contributed by atoms with Crippen molar-refractivity contribution in [3.8, 4) is 12.3 Å². The van der Waals surface area contributed by atoms with Crippen LogP contribution in [0, 0.1) is 12.3 Å². The number of carbonyl (C=O) groups excluding carboxylic acids is 3. The molecule has 0 saturated carbocycles. The zero-order chi connectivity index (χ0) is 27.7. The molecule has 1 aromatic rings. The van der Waals surface area contributed by atoms with Crippen molar-refractivity contribution in [2.45, 2.75) is 104 Å². The lowest BCUT2D eigenvalue weighted by Crippen LogP contribution is -2.60. The quantitative estimate of drug-likeness (QED) is 0.289. The second-order valence-electron chi connectivity index (χ2n) is 10.6. The van der Waals surface area contributed by atoms with Crippen molar-refractivity contribution in [2.75, 3.05) is 5.75 Å². The number of ether oxygens (including phenoxy) is 1. The van der Waals surface area contributed by atoms with Crippen LogP contribution in [0.2, 0.25) is 0 Å². The lowest BCUT2D eigenvalue weighted by molar-refractivity contribution is -0.149. The van der Waals surface area contributed by atoms with Gasteiger partial charge in [0.05, 0.1) is 0 Å². The maximum Gasteiger partial charge on any atom is 0.408 e. The van der Waals surface area contributed by atoms with Gasteiger partial charge in [-0.25, -0.2) is 4.79 Å². The number of rotatable bonds is 11. The summed E-state index contributed by atoms with van der Waals surface area (Å²) in [6.07, 6.45) is 7.09. The van der Waals surface area contributed by atoms with Crippen molar-refractivity contribution in [1.29, 1.82) is 0 Å². The standard InChI is InChI=1S/C28H43N3O4S/c1-10-13-19(4)29-24(32)23(21-16-14-20(11-2)15-17-21)31(28(8,9)12-3)25(33)22(18-36)30-26(34)35-27(5,6)7/h2,14-17,19,22-23,36H,10,12-13,18H2,1,3-9H3,(H,29,32)(H,30,34). The minimum Gasteiger partial charge on any atom is -0.444 e. The van der Waals surface area contributed by atoms with Gasteiger partial charge in [0.2, 0.25) is 11.8 Å². The van der Waals surface area contributed by atoms with Crippen molar-refractivity contribution >= 4 is 30.5 Å². The van der Waals surface area contributed by atoms with E-state index in [2.05, 4.69) is 29.2 Å². The Labute approximate surface area is 222 Å². The number of terminal acetylenes is 1. The fourth-order valence-electron chi connectivity index (χ4n) is 3.75. The summed E-state index contributed by atoms with van der Waals surface area (Å²) in [4.78, 5) is 41.8. The Hall–Kier alpha value is -2.66. The molecular weight excluding hydrogens is 474 g/mol. The van der Waals surface area contributed by atoms with Gasteiger partial charge in [-0.05, 0) is 72.1 Å². The molecule has 3 atom stereocenters. The van der Waals surface area contributed by atoms with Crippen LogP contribution in [0.15, 0.2) is 24.3 Å². The van der Waals surface area contributed by atoms with E-state index >= 15 is 0 Å². The molecule has 3 unspecified atom stereocenters. The largest absolute Gasteiger partial charge is 0.444 e. The summed E-state index contributed by atoms with van der Waals surface area (Å²) in [6.45, 7) is 15.0. The van der Waals surface area contributed by atoms with E-state index in [4.69, 9.17) is 11.2 Å². The van der Waals surface area contributed by atoms with Crippen LogP contribution in [-0.2, 0) is 14.3 Å². The molecule has 0 saturated heterocycles. The number of amides is 3. The third-order valence-electron chi connectivity index (χ3n) is 5.94. The molecule has 200 valence electrons. The Kier molecular flexibility index (Phi) is 11.8. The second kappa shape index (κ2) is 13.6. The molecule has 8 heteroatoms. The molecule has 0 fully saturated rings. The van der Waals surface area contributed by atoms with Crippen LogP contribution < -0.4 is 10.6 Å².